The number of anilines is 1. The summed E-state index contributed by atoms with van der Waals surface area (Å²) in [5.74, 6) is -0.470. The van der Waals surface area contributed by atoms with Gasteiger partial charge in [-0.3, -0.25) is 13.9 Å². The molecule has 10 heteroatoms. The van der Waals surface area contributed by atoms with Gasteiger partial charge < -0.3 is 15.0 Å². The number of benzene rings is 3. The van der Waals surface area contributed by atoms with E-state index < -0.39 is 28.5 Å². The van der Waals surface area contributed by atoms with E-state index in [2.05, 4.69) is 5.32 Å². The summed E-state index contributed by atoms with van der Waals surface area (Å²) in [7, 11) is -4.23. The lowest BCUT2D eigenvalue weighted by atomic mass is 10.1. The Balaban J connectivity index is 2.06. The van der Waals surface area contributed by atoms with Gasteiger partial charge in [0.25, 0.3) is 10.0 Å². The van der Waals surface area contributed by atoms with Crippen molar-refractivity contribution >= 4 is 39.1 Å². The Morgan fingerprint density at radius 2 is 1.56 bits per heavy atom. The van der Waals surface area contributed by atoms with E-state index in [9.17, 15) is 18.0 Å². The van der Waals surface area contributed by atoms with Gasteiger partial charge in [0.1, 0.15) is 18.3 Å². The Morgan fingerprint density at radius 1 is 0.927 bits per heavy atom. The fourth-order valence-electron chi connectivity index (χ4n) is 4.46. The van der Waals surface area contributed by atoms with E-state index in [1.807, 2.05) is 51.1 Å². The second-order valence-corrected chi connectivity index (χ2v) is 12.1. The van der Waals surface area contributed by atoms with E-state index in [1.165, 1.54) is 29.2 Å². The summed E-state index contributed by atoms with van der Waals surface area (Å²) >= 11 is 6.03. The average molecular weight is 600 g/mol. The molecule has 0 spiro atoms. The summed E-state index contributed by atoms with van der Waals surface area (Å²) < 4.78 is 34.9. The smallest absolute Gasteiger partial charge is 0.264 e. The SMILES string of the molecule is CCOc1ccccc1N(CC(=O)N(CCc1ccccc1)[C@@H](CC)C(=O)NC(C)C)S(=O)(=O)c1ccc(Cl)cc1. The number of rotatable bonds is 14. The molecule has 0 radical (unpaired) electrons. The summed E-state index contributed by atoms with van der Waals surface area (Å²) in [6, 6.07) is 21.2. The monoisotopic (exact) mass is 599 g/mol. The standard InChI is InChI=1S/C31H38ClN3O5S/c1-5-27(31(37)33-23(3)4)34(21-20-24-12-8-7-9-13-24)30(36)22-35(28-14-10-11-15-29(28)40-6-2)41(38,39)26-18-16-25(32)17-19-26/h7-19,23,27H,5-6,20-22H2,1-4H3,(H,33,37)/t27-/m0/s1. The number of nitrogens with one attached hydrogen (secondary N) is 1. The lowest BCUT2D eigenvalue weighted by Gasteiger charge is -2.34. The normalized spacial score (nSPS) is 12.0. The van der Waals surface area contributed by atoms with Crippen molar-refractivity contribution in [2.45, 2.75) is 57.5 Å². The highest BCUT2D eigenvalue weighted by Crippen LogP contribution is 2.33. The third kappa shape index (κ3) is 8.47. The topological polar surface area (TPSA) is 96.0 Å². The number of amides is 2. The highest BCUT2D eigenvalue weighted by molar-refractivity contribution is 7.92. The molecule has 220 valence electrons. The molecule has 3 aromatic rings. The molecule has 0 heterocycles. The molecular formula is C31H38ClN3O5S. The molecule has 0 aliphatic heterocycles. The van der Waals surface area contributed by atoms with E-state index in [-0.39, 0.29) is 29.1 Å². The second-order valence-electron chi connectivity index (χ2n) is 9.78. The van der Waals surface area contributed by atoms with E-state index >= 15 is 0 Å². The first-order valence-electron chi connectivity index (χ1n) is 13.7. The van der Waals surface area contributed by atoms with Gasteiger partial charge in [-0.2, -0.15) is 0 Å². The van der Waals surface area contributed by atoms with E-state index in [4.69, 9.17) is 16.3 Å². The molecule has 0 bridgehead atoms. The Morgan fingerprint density at radius 3 is 2.17 bits per heavy atom. The molecular weight excluding hydrogens is 562 g/mol. The van der Waals surface area contributed by atoms with Crippen LogP contribution in [0.5, 0.6) is 5.75 Å². The number of sulfonamides is 1. The van der Waals surface area contributed by atoms with Crippen molar-refractivity contribution in [3.63, 3.8) is 0 Å². The fourth-order valence-corrected chi connectivity index (χ4v) is 6.02. The third-order valence-corrected chi connectivity index (χ3v) is 8.44. The third-order valence-electron chi connectivity index (χ3n) is 6.42. The predicted molar refractivity (Wildman–Crippen MR) is 163 cm³/mol. The average Bonchev–Trinajstić information content (AvgIpc) is 2.94. The second kappa shape index (κ2) is 14.9. The molecule has 1 N–H and O–H groups in total. The molecule has 0 unspecified atom stereocenters. The Hall–Kier alpha value is -3.56. The van der Waals surface area contributed by atoms with Crippen molar-refractivity contribution in [2.24, 2.45) is 0 Å². The van der Waals surface area contributed by atoms with Crippen LogP contribution in [0.3, 0.4) is 0 Å². The van der Waals surface area contributed by atoms with Crippen LogP contribution in [0.25, 0.3) is 0 Å². The van der Waals surface area contributed by atoms with Gasteiger partial charge in [0.2, 0.25) is 11.8 Å². The molecule has 0 aliphatic carbocycles. The Bertz CT molecular complexity index is 1400. The van der Waals surface area contributed by atoms with Crippen LogP contribution in [0.1, 0.15) is 39.7 Å². The maximum atomic E-state index is 14.1. The van der Waals surface area contributed by atoms with Crippen LogP contribution in [-0.2, 0) is 26.0 Å². The molecule has 0 aliphatic rings. The molecule has 3 aromatic carbocycles. The van der Waals surface area contributed by atoms with Crippen LogP contribution in [0.4, 0.5) is 5.69 Å². The van der Waals surface area contributed by atoms with Crippen molar-refractivity contribution < 1.29 is 22.7 Å². The van der Waals surface area contributed by atoms with Crippen LogP contribution in [0.2, 0.25) is 5.02 Å². The molecule has 2 amide bonds. The first kappa shape index (κ1) is 32.0. The van der Waals surface area contributed by atoms with E-state index in [0.717, 1.165) is 9.87 Å². The highest BCUT2D eigenvalue weighted by atomic mass is 35.5. The maximum absolute atomic E-state index is 14.1. The van der Waals surface area contributed by atoms with Crippen molar-refractivity contribution in [2.75, 3.05) is 24.0 Å². The summed E-state index contributed by atoms with van der Waals surface area (Å²) in [5, 5.41) is 3.29. The van der Waals surface area contributed by atoms with Gasteiger partial charge in [0, 0.05) is 17.6 Å². The van der Waals surface area contributed by atoms with Gasteiger partial charge in [-0.15, -0.1) is 0 Å². The number of halogens is 1. The molecule has 1 atom stereocenters. The number of nitrogens with zero attached hydrogens (tertiary/aromatic N) is 2. The zero-order chi connectivity index (χ0) is 30.0. The number of carbonyl (C=O) groups is 2. The number of ether oxygens (including phenoxy) is 1. The van der Waals surface area contributed by atoms with Gasteiger partial charge >= 0.3 is 0 Å². The quantitative estimate of drug-likeness (QED) is 0.271. The van der Waals surface area contributed by atoms with Gasteiger partial charge in [-0.1, -0.05) is 61.0 Å². The van der Waals surface area contributed by atoms with Gasteiger partial charge in [0.05, 0.1) is 17.2 Å². The molecule has 41 heavy (non-hydrogen) atoms. The van der Waals surface area contributed by atoms with Crippen molar-refractivity contribution in [1.82, 2.24) is 10.2 Å². The van der Waals surface area contributed by atoms with Gasteiger partial charge in [-0.25, -0.2) is 8.42 Å². The lowest BCUT2D eigenvalue weighted by Crippen LogP contribution is -2.54. The lowest BCUT2D eigenvalue weighted by molar-refractivity contribution is -0.139. The zero-order valence-electron chi connectivity index (χ0n) is 23.9. The van der Waals surface area contributed by atoms with Crippen molar-refractivity contribution in [3.05, 3.63) is 89.4 Å². The van der Waals surface area contributed by atoms with Crippen LogP contribution in [0, 0.1) is 0 Å². The molecule has 3 rings (SSSR count). The Kier molecular flexibility index (Phi) is 11.6. The minimum atomic E-state index is -4.23. The first-order valence-corrected chi connectivity index (χ1v) is 15.5. The van der Waals surface area contributed by atoms with Crippen LogP contribution in [0.15, 0.2) is 83.8 Å². The number of para-hydroxylation sites is 2. The molecule has 0 aromatic heterocycles. The largest absolute Gasteiger partial charge is 0.492 e. The Labute approximate surface area is 248 Å². The highest BCUT2D eigenvalue weighted by Gasteiger charge is 2.34. The maximum Gasteiger partial charge on any atom is 0.264 e. The summed E-state index contributed by atoms with van der Waals surface area (Å²) in [5.41, 5.74) is 1.22. The molecule has 0 saturated carbocycles. The van der Waals surface area contributed by atoms with Crippen molar-refractivity contribution in [3.8, 4) is 5.75 Å². The summed E-state index contributed by atoms with van der Waals surface area (Å²) in [4.78, 5) is 28.8. The summed E-state index contributed by atoms with van der Waals surface area (Å²) in [6.45, 7) is 7.34. The van der Waals surface area contributed by atoms with Gasteiger partial charge in [0.15, 0.2) is 0 Å². The molecule has 0 saturated heterocycles. The predicted octanol–water partition coefficient (Wildman–Crippen LogP) is 5.31. The summed E-state index contributed by atoms with van der Waals surface area (Å²) in [6.07, 6.45) is 0.857. The molecule has 0 fully saturated rings. The first-order chi connectivity index (χ1) is 19.6. The van der Waals surface area contributed by atoms with Crippen LogP contribution in [-0.4, -0.2) is 56.9 Å². The number of hydrogen-bond donors (Lipinski definition) is 1. The van der Waals surface area contributed by atoms with Crippen molar-refractivity contribution in [1.29, 1.82) is 0 Å². The minimum absolute atomic E-state index is 0.0265. The number of hydrogen-bond acceptors (Lipinski definition) is 5. The van der Waals surface area contributed by atoms with E-state index in [0.29, 0.717) is 30.2 Å². The fraction of sp³-hybridized carbons (Fsp3) is 0.355. The van der Waals surface area contributed by atoms with Gasteiger partial charge in [-0.05, 0) is 75.6 Å². The zero-order valence-corrected chi connectivity index (χ0v) is 25.5. The molecule has 8 nitrogen and oxygen atoms in total. The number of carbonyl (C=O) groups excluding carboxylic acids is 2. The van der Waals surface area contributed by atoms with Crippen LogP contribution >= 0.6 is 11.6 Å². The van der Waals surface area contributed by atoms with E-state index in [1.54, 1.807) is 31.2 Å². The minimum Gasteiger partial charge on any atom is -0.492 e. The van der Waals surface area contributed by atoms with Crippen LogP contribution < -0.4 is 14.4 Å².